The molecule has 2 heterocycles. The molecule has 0 radical (unpaired) electrons. The molecule has 0 spiro atoms. The molecule has 36 heavy (non-hydrogen) atoms. The van der Waals surface area contributed by atoms with Crippen LogP contribution in [0.1, 0.15) is 60.9 Å². The zero-order valence-corrected chi connectivity index (χ0v) is 21.7. The number of aldehydes is 1. The molecule has 2 aliphatic rings. The SMILES string of the molecule is CCOC(=O)CC(c1ccnc(OCC2CCN(c3cc(S(C)(=O)=O)ccc3C=O)CC2)c1)C1CC1. The summed E-state index contributed by atoms with van der Waals surface area (Å²) < 4.78 is 35.2. The molecular weight excluding hydrogens is 480 g/mol. The van der Waals surface area contributed by atoms with Crippen LogP contribution in [-0.2, 0) is 19.4 Å². The van der Waals surface area contributed by atoms with Gasteiger partial charge in [0.15, 0.2) is 16.1 Å². The Hall–Kier alpha value is -2.94. The van der Waals surface area contributed by atoms with E-state index in [1.165, 1.54) is 12.3 Å². The normalized spacial score (nSPS) is 17.4. The number of anilines is 1. The molecule has 0 N–H and O–H groups in total. The van der Waals surface area contributed by atoms with Crippen LogP contribution in [0.2, 0.25) is 0 Å². The lowest BCUT2D eigenvalue weighted by atomic mass is 9.92. The molecule has 1 unspecified atom stereocenters. The summed E-state index contributed by atoms with van der Waals surface area (Å²) in [6.45, 7) is 4.15. The summed E-state index contributed by atoms with van der Waals surface area (Å²) in [5, 5.41) is 0. The molecule has 9 heteroatoms. The van der Waals surface area contributed by atoms with Crippen molar-refractivity contribution in [3.8, 4) is 5.88 Å². The molecule has 194 valence electrons. The molecular formula is C27H34N2O6S. The van der Waals surface area contributed by atoms with E-state index in [0.717, 1.165) is 37.5 Å². The number of piperidine rings is 1. The number of hydrogen-bond acceptors (Lipinski definition) is 8. The highest BCUT2D eigenvalue weighted by molar-refractivity contribution is 7.90. The second-order valence-electron chi connectivity index (χ2n) is 9.73. The number of sulfone groups is 1. The van der Waals surface area contributed by atoms with Gasteiger partial charge in [0.1, 0.15) is 0 Å². The number of carbonyl (C=O) groups excluding carboxylic acids is 2. The van der Waals surface area contributed by atoms with E-state index >= 15 is 0 Å². The first-order chi connectivity index (χ1) is 17.3. The van der Waals surface area contributed by atoms with Gasteiger partial charge < -0.3 is 14.4 Å². The van der Waals surface area contributed by atoms with Gasteiger partial charge in [0.05, 0.1) is 24.5 Å². The van der Waals surface area contributed by atoms with Gasteiger partial charge in [-0.05, 0) is 80.2 Å². The Morgan fingerprint density at radius 3 is 2.56 bits per heavy atom. The van der Waals surface area contributed by atoms with Gasteiger partial charge in [0.2, 0.25) is 5.88 Å². The minimum Gasteiger partial charge on any atom is -0.477 e. The lowest BCUT2D eigenvalue weighted by molar-refractivity contribution is -0.143. The van der Waals surface area contributed by atoms with Gasteiger partial charge in [0, 0.05) is 42.9 Å². The maximum Gasteiger partial charge on any atom is 0.306 e. The molecule has 0 bridgehead atoms. The summed E-state index contributed by atoms with van der Waals surface area (Å²) in [4.78, 5) is 30.3. The summed E-state index contributed by atoms with van der Waals surface area (Å²) in [6, 6.07) is 8.55. The highest BCUT2D eigenvalue weighted by Crippen LogP contribution is 2.45. The van der Waals surface area contributed by atoms with E-state index in [-0.39, 0.29) is 16.8 Å². The molecule has 1 atom stereocenters. The van der Waals surface area contributed by atoms with Crippen molar-refractivity contribution in [1.82, 2.24) is 4.98 Å². The Balaban J connectivity index is 1.35. The fourth-order valence-electron chi connectivity index (χ4n) is 4.86. The Morgan fingerprint density at radius 1 is 1.17 bits per heavy atom. The fourth-order valence-corrected chi connectivity index (χ4v) is 5.50. The first-order valence-electron chi connectivity index (χ1n) is 12.6. The second kappa shape index (κ2) is 11.4. The molecule has 1 aliphatic carbocycles. The number of ether oxygens (including phenoxy) is 2. The number of pyridine rings is 1. The van der Waals surface area contributed by atoms with Crippen molar-refractivity contribution in [2.45, 2.75) is 49.8 Å². The van der Waals surface area contributed by atoms with Gasteiger partial charge in [-0.3, -0.25) is 9.59 Å². The van der Waals surface area contributed by atoms with E-state index in [4.69, 9.17) is 9.47 Å². The summed E-state index contributed by atoms with van der Waals surface area (Å²) in [7, 11) is -3.36. The van der Waals surface area contributed by atoms with Crippen LogP contribution in [0.3, 0.4) is 0 Å². The summed E-state index contributed by atoms with van der Waals surface area (Å²) >= 11 is 0. The van der Waals surface area contributed by atoms with Crippen LogP contribution in [-0.4, -0.2) is 58.2 Å². The van der Waals surface area contributed by atoms with Crippen molar-refractivity contribution in [3.63, 3.8) is 0 Å². The first kappa shape index (κ1) is 26.1. The average molecular weight is 515 g/mol. The standard InChI is InChI=1S/C27H34N2O6S/c1-3-34-27(31)16-24(20-4-5-20)21-8-11-28-26(14-21)35-18-19-9-12-29(13-10-19)25-15-23(36(2,32)33)7-6-22(25)17-30/h6-8,11,14-15,17,19-20,24H,3-5,9-10,12-13,16,18H2,1-2H3. The lowest BCUT2D eigenvalue weighted by Gasteiger charge is -2.34. The molecule has 1 saturated heterocycles. The van der Waals surface area contributed by atoms with E-state index in [2.05, 4.69) is 9.88 Å². The Morgan fingerprint density at radius 2 is 1.92 bits per heavy atom. The molecule has 2 aromatic rings. The number of carbonyl (C=O) groups is 2. The fraction of sp³-hybridized carbons (Fsp3) is 0.519. The Bertz CT molecular complexity index is 1190. The lowest BCUT2D eigenvalue weighted by Crippen LogP contribution is -2.36. The van der Waals surface area contributed by atoms with Crippen LogP contribution in [0.4, 0.5) is 5.69 Å². The summed E-state index contributed by atoms with van der Waals surface area (Å²) in [5.41, 5.74) is 2.22. The first-order valence-corrected chi connectivity index (χ1v) is 14.5. The predicted molar refractivity (Wildman–Crippen MR) is 136 cm³/mol. The van der Waals surface area contributed by atoms with E-state index in [9.17, 15) is 18.0 Å². The van der Waals surface area contributed by atoms with Gasteiger partial charge in [0.25, 0.3) is 0 Å². The minimum atomic E-state index is -3.36. The number of nitrogens with zero attached hydrogens (tertiary/aromatic N) is 2. The quantitative estimate of drug-likeness (QED) is 0.327. The maximum atomic E-state index is 12.1. The maximum absolute atomic E-state index is 12.1. The second-order valence-corrected chi connectivity index (χ2v) is 11.7. The number of hydrogen-bond donors (Lipinski definition) is 0. The number of benzene rings is 1. The third kappa shape index (κ3) is 6.63. The number of esters is 1. The molecule has 8 nitrogen and oxygen atoms in total. The zero-order chi connectivity index (χ0) is 25.7. The van der Waals surface area contributed by atoms with E-state index in [1.807, 2.05) is 19.1 Å². The highest BCUT2D eigenvalue weighted by atomic mass is 32.2. The molecule has 4 rings (SSSR count). The smallest absolute Gasteiger partial charge is 0.306 e. The number of aromatic nitrogens is 1. The largest absolute Gasteiger partial charge is 0.477 e. The topological polar surface area (TPSA) is 103 Å². The van der Waals surface area contributed by atoms with Crippen LogP contribution >= 0.6 is 0 Å². The van der Waals surface area contributed by atoms with Crippen molar-refractivity contribution in [2.24, 2.45) is 11.8 Å². The third-order valence-corrected chi connectivity index (χ3v) is 8.16. The van der Waals surface area contributed by atoms with Crippen molar-refractivity contribution in [3.05, 3.63) is 47.7 Å². The molecule has 1 aliphatic heterocycles. The molecule has 1 saturated carbocycles. The third-order valence-electron chi connectivity index (χ3n) is 7.05. The summed E-state index contributed by atoms with van der Waals surface area (Å²) in [5.74, 6) is 1.36. The van der Waals surface area contributed by atoms with Crippen LogP contribution in [0.25, 0.3) is 0 Å². The number of rotatable bonds is 11. The zero-order valence-electron chi connectivity index (χ0n) is 20.9. The van der Waals surface area contributed by atoms with Crippen molar-refractivity contribution in [2.75, 3.05) is 37.5 Å². The van der Waals surface area contributed by atoms with Gasteiger partial charge in [-0.25, -0.2) is 13.4 Å². The van der Waals surface area contributed by atoms with E-state index in [0.29, 0.717) is 61.7 Å². The minimum absolute atomic E-state index is 0.132. The molecule has 2 fully saturated rings. The van der Waals surface area contributed by atoms with Crippen molar-refractivity contribution in [1.29, 1.82) is 0 Å². The van der Waals surface area contributed by atoms with Gasteiger partial charge >= 0.3 is 5.97 Å². The molecule has 0 amide bonds. The van der Waals surface area contributed by atoms with Crippen LogP contribution in [0, 0.1) is 11.8 Å². The van der Waals surface area contributed by atoms with Gasteiger partial charge in [-0.2, -0.15) is 0 Å². The van der Waals surface area contributed by atoms with Crippen LogP contribution in [0.15, 0.2) is 41.4 Å². The van der Waals surface area contributed by atoms with Crippen LogP contribution < -0.4 is 9.64 Å². The Labute approximate surface area is 212 Å². The molecule has 1 aromatic heterocycles. The summed E-state index contributed by atoms with van der Waals surface area (Å²) in [6.07, 6.45) is 8.02. The monoisotopic (exact) mass is 514 g/mol. The van der Waals surface area contributed by atoms with Crippen molar-refractivity contribution < 1.29 is 27.5 Å². The van der Waals surface area contributed by atoms with Crippen molar-refractivity contribution >= 4 is 27.8 Å². The highest BCUT2D eigenvalue weighted by Gasteiger charge is 2.34. The molecule has 1 aromatic carbocycles. The van der Waals surface area contributed by atoms with Gasteiger partial charge in [-0.1, -0.05) is 0 Å². The van der Waals surface area contributed by atoms with Crippen LogP contribution in [0.5, 0.6) is 5.88 Å². The van der Waals surface area contributed by atoms with E-state index in [1.54, 1.807) is 18.3 Å². The average Bonchev–Trinajstić information content (AvgIpc) is 3.71. The van der Waals surface area contributed by atoms with Gasteiger partial charge in [-0.15, -0.1) is 0 Å². The predicted octanol–water partition coefficient (Wildman–Crippen LogP) is 4.04. The van der Waals surface area contributed by atoms with E-state index < -0.39 is 9.84 Å². The Kier molecular flexibility index (Phi) is 8.28.